The van der Waals surface area contributed by atoms with Crippen molar-refractivity contribution in [2.75, 3.05) is 0 Å². The molecule has 4 aliphatic rings. The van der Waals surface area contributed by atoms with E-state index < -0.39 is 0 Å². The molecule has 4 aliphatic carbocycles. The molecule has 2 nitrogen and oxygen atoms in total. The first-order valence-corrected chi connectivity index (χ1v) is 7.27. The van der Waals surface area contributed by atoms with Gasteiger partial charge in [0.1, 0.15) is 0 Å². The number of hydrogen-bond donors (Lipinski definition) is 1. The number of aliphatic hydroxyl groups is 1. The molecule has 0 radical (unpaired) electrons. The van der Waals surface area contributed by atoms with Crippen molar-refractivity contribution in [1.82, 2.24) is 0 Å². The third-order valence-corrected chi connectivity index (χ3v) is 5.56. The van der Waals surface area contributed by atoms with Crippen molar-refractivity contribution in [3.63, 3.8) is 0 Å². The largest absolute Gasteiger partial charge is 0.393 e. The van der Waals surface area contributed by atoms with Crippen LogP contribution in [0.3, 0.4) is 0 Å². The van der Waals surface area contributed by atoms with Crippen LogP contribution in [0.2, 0.25) is 0 Å². The minimum absolute atomic E-state index is 0.135. The molecule has 0 aliphatic heterocycles. The van der Waals surface area contributed by atoms with Gasteiger partial charge in [-0.2, -0.15) is 5.26 Å². The van der Waals surface area contributed by atoms with E-state index in [1.54, 1.807) is 0 Å². The molecule has 4 rings (SSSR count). The number of unbranched alkanes of at least 4 members (excludes halogenated alkanes) is 1. The fourth-order valence-electron chi connectivity index (χ4n) is 5.27. The molecule has 0 saturated heterocycles. The van der Waals surface area contributed by atoms with Crippen LogP contribution in [0.25, 0.3) is 0 Å². The van der Waals surface area contributed by atoms with E-state index in [9.17, 15) is 5.11 Å². The Hall–Kier alpha value is -0.550. The van der Waals surface area contributed by atoms with Gasteiger partial charge in [0.05, 0.1) is 12.2 Å². The minimum atomic E-state index is -0.135. The Kier molecular flexibility index (Phi) is 2.91. The van der Waals surface area contributed by atoms with Gasteiger partial charge < -0.3 is 5.11 Å². The maximum absolute atomic E-state index is 10.5. The van der Waals surface area contributed by atoms with Crippen LogP contribution in [0.4, 0.5) is 0 Å². The Bertz CT molecular complexity index is 295. The Morgan fingerprint density at radius 1 is 1.12 bits per heavy atom. The Labute approximate surface area is 104 Å². The molecule has 1 unspecified atom stereocenters. The van der Waals surface area contributed by atoms with Crippen LogP contribution in [0.1, 0.15) is 57.8 Å². The van der Waals surface area contributed by atoms with Gasteiger partial charge in [-0.25, -0.2) is 0 Å². The summed E-state index contributed by atoms with van der Waals surface area (Å²) in [5.41, 5.74) is 0.254. The molecule has 0 spiro atoms. The zero-order valence-corrected chi connectivity index (χ0v) is 10.6. The van der Waals surface area contributed by atoms with Crippen molar-refractivity contribution in [3.8, 4) is 6.07 Å². The van der Waals surface area contributed by atoms with Crippen molar-refractivity contribution in [3.05, 3.63) is 0 Å². The zero-order valence-electron chi connectivity index (χ0n) is 10.6. The number of rotatable bonds is 4. The van der Waals surface area contributed by atoms with Crippen LogP contribution in [0.15, 0.2) is 0 Å². The second-order valence-electron chi connectivity index (χ2n) is 6.85. The quantitative estimate of drug-likeness (QED) is 0.757. The van der Waals surface area contributed by atoms with Gasteiger partial charge in [-0.3, -0.25) is 0 Å². The van der Waals surface area contributed by atoms with Gasteiger partial charge in [0.25, 0.3) is 0 Å². The van der Waals surface area contributed by atoms with Crippen molar-refractivity contribution in [2.24, 2.45) is 23.2 Å². The van der Waals surface area contributed by atoms with Crippen LogP contribution >= 0.6 is 0 Å². The summed E-state index contributed by atoms with van der Waals surface area (Å²) in [5, 5.41) is 19.1. The molecular weight excluding hydrogens is 210 g/mol. The molecule has 0 heterocycles. The normalized spacial score (nSPS) is 44.6. The van der Waals surface area contributed by atoms with Gasteiger partial charge >= 0.3 is 0 Å². The van der Waals surface area contributed by atoms with E-state index in [-0.39, 0.29) is 11.5 Å². The molecule has 17 heavy (non-hydrogen) atoms. The van der Waals surface area contributed by atoms with Crippen molar-refractivity contribution >= 4 is 0 Å². The van der Waals surface area contributed by atoms with E-state index in [4.69, 9.17) is 5.26 Å². The second-order valence-corrected chi connectivity index (χ2v) is 6.85. The van der Waals surface area contributed by atoms with Gasteiger partial charge in [-0.15, -0.1) is 0 Å². The van der Waals surface area contributed by atoms with Gasteiger partial charge in [0.2, 0.25) is 0 Å². The molecule has 1 N–H and O–H groups in total. The van der Waals surface area contributed by atoms with E-state index in [2.05, 4.69) is 6.07 Å². The maximum Gasteiger partial charge on any atom is 0.0621 e. The SMILES string of the molecule is N#CCCCC(O)C12CC3CC(CC(C3)C1)C2. The highest BCUT2D eigenvalue weighted by molar-refractivity contribution is 5.04. The van der Waals surface area contributed by atoms with Gasteiger partial charge in [-0.05, 0) is 74.5 Å². The summed E-state index contributed by atoms with van der Waals surface area (Å²) < 4.78 is 0. The molecule has 4 bridgehead atoms. The predicted octanol–water partition coefficient (Wildman–Crippen LogP) is 3.26. The van der Waals surface area contributed by atoms with Crippen molar-refractivity contribution in [1.29, 1.82) is 5.26 Å². The third kappa shape index (κ3) is 1.99. The lowest BCUT2D eigenvalue weighted by Gasteiger charge is -2.58. The molecule has 4 fully saturated rings. The van der Waals surface area contributed by atoms with E-state index in [1.807, 2.05) is 0 Å². The number of nitriles is 1. The summed E-state index contributed by atoms with van der Waals surface area (Å²) in [6.45, 7) is 0. The molecule has 2 heteroatoms. The highest BCUT2D eigenvalue weighted by Crippen LogP contribution is 2.61. The topological polar surface area (TPSA) is 44.0 Å². The average molecular weight is 233 g/mol. The summed E-state index contributed by atoms with van der Waals surface area (Å²) in [6.07, 6.45) is 10.3. The average Bonchev–Trinajstić information content (AvgIpc) is 2.27. The summed E-state index contributed by atoms with van der Waals surface area (Å²) in [5.74, 6) is 2.73. The molecule has 4 saturated carbocycles. The Morgan fingerprint density at radius 3 is 2.12 bits per heavy atom. The lowest BCUT2D eigenvalue weighted by molar-refractivity contribution is -0.122. The molecule has 0 aromatic rings. The smallest absolute Gasteiger partial charge is 0.0621 e. The van der Waals surface area contributed by atoms with Crippen LogP contribution < -0.4 is 0 Å². The first-order valence-electron chi connectivity index (χ1n) is 7.27. The van der Waals surface area contributed by atoms with Crippen LogP contribution in [-0.2, 0) is 0 Å². The summed E-state index contributed by atoms with van der Waals surface area (Å²) in [4.78, 5) is 0. The maximum atomic E-state index is 10.5. The summed E-state index contributed by atoms with van der Waals surface area (Å²) in [6, 6.07) is 2.19. The van der Waals surface area contributed by atoms with Crippen molar-refractivity contribution < 1.29 is 5.11 Å². The Balaban J connectivity index is 1.67. The lowest BCUT2D eigenvalue weighted by atomic mass is 9.48. The summed E-state index contributed by atoms with van der Waals surface area (Å²) >= 11 is 0. The first-order chi connectivity index (χ1) is 8.22. The number of aliphatic hydroxyl groups excluding tert-OH is 1. The predicted molar refractivity (Wildman–Crippen MR) is 66.1 cm³/mol. The zero-order chi connectivity index (χ0) is 11.9. The van der Waals surface area contributed by atoms with E-state index in [0.29, 0.717) is 6.42 Å². The minimum Gasteiger partial charge on any atom is -0.393 e. The van der Waals surface area contributed by atoms with Gasteiger partial charge in [0, 0.05) is 6.42 Å². The molecule has 0 aromatic heterocycles. The standard InChI is InChI=1S/C15H23NO/c16-4-2-1-3-14(17)15-8-11-5-12(9-15)7-13(6-11)10-15/h11-14,17H,1-3,5-10H2. The van der Waals surface area contributed by atoms with Crippen LogP contribution in [0.5, 0.6) is 0 Å². The highest BCUT2D eigenvalue weighted by Gasteiger charge is 2.53. The second kappa shape index (κ2) is 4.28. The van der Waals surface area contributed by atoms with Gasteiger partial charge in [-0.1, -0.05) is 0 Å². The molecule has 0 amide bonds. The molecule has 1 atom stereocenters. The lowest BCUT2D eigenvalue weighted by Crippen LogP contribution is -2.51. The molecule has 94 valence electrons. The third-order valence-electron chi connectivity index (χ3n) is 5.56. The summed E-state index contributed by atoms with van der Waals surface area (Å²) in [7, 11) is 0. The molecular formula is C15H23NO. The van der Waals surface area contributed by atoms with Crippen molar-refractivity contribution in [2.45, 2.75) is 63.9 Å². The first kappa shape index (κ1) is 11.5. The fraction of sp³-hybridized carbons (Fsp3) is 0.933. The van der Waals surface area contributed by atoms with E-state index >= 15 is 0 Å². The Morgan fingerprint density at radius 2 is 1.65 bits per heavy atom. The van der Waals surface area contributed by atoms with E-state index in [0.717, 1.165) is 30.6 Å². The van der Waals surface area contributed by atoms with E-state index in [1.165, 1.54) is 38.5 Å². The fourth-order valence-corrected chi connectivity index (χ4v) is 5.27. The molecule has 0 aromatic carbocycles. The number of hydrogen-bond acceptors (Lipinski definition) is 2. The van der Waals surface area contributed by atoms with Crippen LogP contribution in [-0.4, -0.2) is 11.2 Å². The highest BCUT2D eigenvalue weighted by atomic mass is 16.3. The van der Waals surface area contributed by atoms with Crippen LogP contribution in [0, 0.1) is 34.5 Å². The monoisotopic (exact) mass is 233 g/mol. The number of nitrogens with zero attached hydrogens (tertiary/aromatic N) is 1. The van der Waals surface area contributed by atoms with Gasteiger partial charge in [0.15, 0.2) is 0 Å².